The number of benzene rings is 1. The predicted octanol–water partition coefficient (Wildman–Crippen LogP) is 2.82. The van der Waals surface area contributed by atoms with E-state index in [1.165, 1.54) is 12.0 Å². The summed E-state index contributed by atoms with van der Waals surface area (Å²) in [6.45, 7) is 6.98. The topological polar surface area (TPSA) is 55.3 Å². The number of nitrogens with zero attached hydrogens (tertiary/aromatic N) is 2. The Balaban J connectivity index is 1.69. The van der Waals surface area contributed by atoms with Gasteiger partial charge in [-0.15, -0.1) is 0 Å². The van der Waals surface area contributed by atoms with Crippen LogP contribution >= 0.6 is 0 Å². The number of likely N-dealkylation sites (tertiary alicyclic amines) is 1. The third kappa shape index (κ3) is 3.17. The summed E-state index contributed by atoms with van der Waals surface area (Å²) in [5.41, 5.74) is 9.04. The summed E-state index contributed by atoms with van der Waals surface area (Å²) < 4.78 is 5.51. The normalized spacial score (nSPS) is 22.8. The second kappa shape index (κ2) is 6.00. The van der Waals surface area contributed by atoms with E-state index in [1.807, 2.05) is 6.07 Å². The molecule has 112 valence electrons. The van der Waals surface area contributed by atoms with Crippen molar-refractivity contribution in [3.8, 4) is 11.3 Å². The first-order valence-corrected chi connectivity index (χ1v) is 7.62. The molecule has 2 N–H and O–H groups in total. The highest BCUT2D eigenvalue weighted by Gasteiger charge is 2.28. The van der Waals surface area contributed by atoms with Gasteiger partial charge >= 0.3 is 0 Å². The Morgan fingerprint density at radius 1 is 1.33 bits per heavy atom. The largest absolute Gasteiger partial charge is 0.359 e. The summed E-state index contributed by atoms with van der Waals surface area (Å²) in [7, 11) is 0. The van der Waals surface area contributed by atoms with Crippen molar-refractivity contribution >= 4 is 0 Å². The fourth-order valence-corrected chi connectivity index (χ4v) is 3.06. The first-order valence-electron chi connectivity index (χ1n) is 7.62. The highest BCUT2D eigenvalue weighted by atomic mass is 16.5. The van der Waals surface area contributed by atoms with Crippen molar-refractivity contribution in [1.82, 2.24) is 10.1 Å². The first kappa shape index (κ1) is 14.3. The van der Waals surface area contributed by atoms with Gasteiger partial charge in [0.1, 0.15) is 5.69 Å². The van der Waals surface area contributed by atoms with Crippen LogP contribution in [0.2, 0.25) is 0 Å². The van der Waals surface area contributed by atoms with Crippen LogP contribution in [0.15, 0.2) is 34.9 Å². The second-order valence-corrected chi connectivity index (χ2v) is 6.16. The van der Waals surface area contributed by atoms with Crippen LogP contribution in [-0.4, -0.2) is 29.2 Å². The van der Waals surface area contributed by atoms with Crippen LogP contribution in [0.1, 0.15) is 24.7 Å². The van der Waals surface area contributed by atoms with Crippen LogP contribution in [0.5, 0.6) is 0 Å². The molecule has 2 unspecified atom stereocenters. The maximum atomic E-state index is 5.78. The molecule has 0 saturated carbocycles. The quantitative estimate of drug-likeness (QED) is 0.938. The van der Waals surface area contributed by atoms with Crippen LogP contribution in [0.3, 0.4) is 0 Å². The molecule has 1 saturated heterocycles. The maximum absolute atomic E-state index is 5.78. The molecule has 0 aliphatic carbocycles. The van der Waals surface area contributed by atoms with Crippen LogP contribution in [-0.2, 0) is 6.54 Å². The lowest BCUT2D eigenvalue weighted by atomic mass is 10.1. The monoisotopic (exact) mass is 285 g/mol. The van der Waals surface area contributed by atoms with Gasteiger partial charge in [-0.05, 0) is 32.7 Å². The van der Waals surface area contributed by atoms with Gasteiger partial charge in [0.2, 0.25) is 0 Å². The van der Waals surface area contributed by atoms with Gasteiger partial charge in [0.25, 0.3) is 0 Å². The van der Waals surface area contributed by atoms with Crippen molar-refractivity contribution in [2.24, 2.45) is 11.7 Å². The highest BCUT2D eigenvalue weighted by molar-refractivity contribution is 5.59. The minimum Gasteiger partial charge on any atom is -0.359 e. The zero-order valence-electron chi connectivity index (χ0n) is 12.7. The average molecular weight is 285 g/mol. The number of rotatable bonds is 4. The Hall–Kier alpha value is -1.65. The molecular formula is C17H23N3O. The number of aromatic nitrogens is 1. The van der Waals surface area contributed by atoms with Crippen molar-refractivity contribution in [2.45, 2.75) is 32.9 Å². The highest BCUT2D eigenvalue weighted by Crippen LogP contribution is 2.26. The van der Waals surface area contributed by atoms with E-state index < -0.39 is 0 Å². The number of nitrogens with two attached hydrogens (primary N) is 1. The lowest BCUT2D eigenvalue weighted by molar-refractivity contribution is 0.223. The molecule has 3 rings (SSSR count). The van der Waals surface area contributed by atoms with Crippen molar-refractivity contribution < 1.29 is 4.52 Å². The molecule has 21 heavy (non-hydrogen) atoms. The third-order valence-electron chi connectivity index (χ3n) is 4.39. The lowest BCUT2D eigenvalue weighted by Crippen LogP contribution is -2.27. The van der Waals surface area contributed by atoms with E-state index in [0.29, 0.717) is 12.0 Å². The Kier molecular flexibility index (Phi) is 4.08. The molecule has 0 bridgehead atoms. The molecule has 2 aromatic rings. The minimum absolute atomic E-state index is 0.562. The molecule has 1 aliphatic rings. The van der Waals surface area contributed by atoms with E-state index in [-0.39, 0.29) is 0 Å². The molecule has 0 spiro atoms. The Bertz CT molecular complexity index is 590. The second-order valence-electron chi connectivity index (χ2n) is 6.16. The zero-order chi connectivity index (χ0) is 14.8. The fourth-order valence-electron chi connectivity index (χ4n) is 3.06. The Labute approximate surface area is 125 Å². The van der Waals surface area contributed by atoms with Gasteiger partial charge < -0.3 is 10.3 Å². The molecule has 1 aromatic heterocycles. The average Bonchev–Trinajstić information content (AvgIpc) is 3.08. The van der Waals surface area contributed by atoms with Gasteiger partial charge in [0, 0.05) is 24.2 Å². The van der Waals surface area contributed by atoms with Crippen LogP contribution in [0.25, 0.3) is 11.3 Å². The molecule has 1 fully saturated rings. The Morgan fingerprint density at radius 2 is 2.10 bits per heavy atom. The summed E-state index contributed by atoms with van der Waals surface area (Å²) in [6.07, 6.45) is 1.18. The molecule has 2 atom stereocenters. The van der Waals surface area contributed by atoms with Gasteiger partial charge in [0.15, 0.2) is 5.76 Å². The van der Waals surface area contributed by atoms with Gasteiger partial charge in [-0.1, -0.05) is 35.0 Å². The van der Waals surface area contributed by atoms with Crippen molar-refractivity contribution in [3.63, 3.8) is 0 Å². The third-order valence-corrected chi connectivity index (χ3v) is 4.39. The van der Waals surface area contributed by atoms with Crippen molar-refractivity contribution in [1.29, 1.82) is 0 Å². The molecular weight excluding hydrogens is 262 g/mol. The molecule has 1 aromatic carbocycles. The van der Waals surface area contributed by atoms with Gasteiger partial charge in [-0.3, -0.25) is 4.90 Å². The summed E-state index contributed by atoms with van der Waals surface area (Å²) in [6, 6.07) is 11.0. The number of aryl methyl sites for hydroxylation is 1. The molecule has 0 amide bonds. The summed E-state index contributed by atoms with van der Waals surface area (Å²) in [4.78, 5) is 2.43. The first-order chi connectivity index (χ1) is 10.2. The summed E-state index contributed by atoms with van der Waals surface area (Å²) in [5.74, 6) is 1.54. The lowest BCUT2D eigenvalue weighted by Gasteiger charge is -2.18. The van der Waals surface area contributed by atoms with Crippen molar-refractivity contribution in [3.05, 3.63) is 41.7 Å². The molecule has 2 heterocycles. The number of hydrogen-bond donors (Lipinski definition) is 1. The Morgan fingerprint density at radius 3 is 2.76 bits per heavy atom. The van der Waals surface area contributed by atoms with Gasteiger partial charge in [-0.2, -0.15) is 0 Å². The zero-order valence-corrected chi connectivity index (χ0v) is 12.7. The SMILES string of the molecule is Cc1ccc(-c2cc(CN3CC(CN)CC3C)on2)cc1. The van der Waals surface area contributed by atoms with E-state index >= 15 is 0 Å². The minimum atomic E-state index is 0.562. The molecule has 4 heteroatoms. The molecule has 1 aliphatic heterocycles. The van der Waals surface area contributed by atoms with E-state index in [0.717, 1.165) is 36.7 Å². The van der Waals surface area contributed by atoms with Gasteiger partial charge in [0.05, 0.1) is 6.54 Å². The summed E-state index contributed by atoms with van der Waals surface area (Å²) >= 11 is 0. The summed E-state index contributed by atoms with van der Waals surface area (Å²) in [5, 5.41) is 4.20. The standard InChI is InChI=1S/C17H23N3O/c1-12-3-5-15(6-4-12)17-8-16(21-19-17)11-20-10-14(9-18)7-13(20)2/h3-6,8,13-14H,7,9-11,18H2,1-2H3. The predicted molar refractivity (Wildman–Crippen MR) is 83.7 cm³/mol. The van der Waals surface area contributed by atoms with E-state index in [4.69, 9.17) is 10.3 Å². The number of hydrogen-bond acceptors (Lipinski definition) is 4. The van der Waals surface area contributed by atoms with Crippen molar-refractivity contribution in [2.75, 3.05) is 13.1 Å². The van der Waals surface area contributed by atoms with E-state index in [2.05, 4.69) is 48.2 Å². The molecule has 0 radical (unpaired) electrons. The smallest absolute Gasteiger partial charge is 0.151 e. The fraction of sp³-hybridized carbons (Fsp3) is 0.471. The van der Waals surface area contributed by atoms with E-state index in [9.17, 15) is 0 Å². The van der Waals surface area contributed by atoms with Crippen LogP contribution < -0.4 is 5.73 Å². The van der Waals surface area contributed by atoms with Crippen LogP contribution in [0, 0.1) is 12.8 Å². The van der Waals surface area contributed by atoms with Gasteiger partial charge in [-0.25, -0.2) is 0 Å². The maximum Gasteiger partial charge on any atom is 0.151 e. The van der Waals surface area contributed by atoms with E-state index in [1.54, 1.807) is 0 Å². The van der Waals surface area contributed by atoms with Crippen LogP contribution in [0.4, 0.5) is 0 Å². The molecule has 4 nitrogen and oxygen atoms in total.